The molecule has 1 aliphatic carbocycles. The highest BCUT2D eigenvalue weighted by molar-refractivity contribution is 7.89. The van der Waals surface area contributed by atoms with Gasteiger partial charge in [0, 0.05) is 12.1 Å². The average Bonchev–Trinajstić information content (AvgIpc) is 2.16. The molecular formula is C9H14N2O6S2. The van der Waals surface area contributed by atoms with Gasteiger partial charge in [0.1, 0.15) is 0 Å². The normalized spacial score (nSPS) is 23.8. The molecule has 0 aromatic rings. The van der Waals surface area contributed by atoms with Crippen LogP contribution >= 0.6 is 0 Å². The molecule has 1 atom stereocenters. The van der Waals surface area contributed by atoms with E-state index in [0.717, 1.165) is 18.6 Å². The molecule has 0 aromatic heterocycles. The van der Waals surface area contributed by atoms with Gasteiger partial charge in [-0.25, -0.2) is 21.6 Å². The van der Waals surface area contributed by atoms with Crippen LogP contribution in [0.5, 0.6) is 0 Å². The molecule has 0 fully saturated rings. The lowest BCUT2D eigenvalue weighted by Crippen LogP contribution is -2.53. The molecule has 1 rings (SSSR count). The van der Waals surface area contributed by atoms with Gasteiger partial charge in [0.25, 0.3) is 0 Å². The van der Waals surface area contributed by atoms with Gasteiger partial charge in [0.2, 0.25) is 20.0 Å². The molecule has 0 aliphatic heterocycles. The maximum atomic E-state index is 11.2. The summed E-state index contributed by atoms with van der Waals surface area (Å²) in [4.78, 5) is 11.2. The Morgan fingerprint density at radius 3 is 2.16 bits per heavy atom. The number of aliphatic carboxylic acids is 1. The van der Waals surface area contributed by atoms with Crippen molar-refractivity contribution in [2.45, 2.75) is 12.0 Å². The van der Waals surface area contributed by atoms with Crippen molar-refractivity contribution < 1.29 is 26.7 Å². The highest BCUT2D eigenvalue weighted by atomic mass is 32.2. The molecule has 0 radical (unpaired) electrons. The number of hydrogen-bond donors (Lipinski definition) is 3. The zero-order chi connectivity index (χ0) is 14.9. The molecule has 0 spiro atoms. The van der Waals surface area contributed by atoms with Crippen molar-refractivity contribution in [1.82, 2.24) is 9.44 Å². The Hall–Kier alpha value is -1.39. The third-order valence-electron chi connectivity index (χ3n) is 2.24. The molecule has 0 aromatic carbocycles. The van der Waals surface area contributed by atoms with E-state index in [9.17, 15) is 21.6 Å². The van der Waals surface area contributed by atoms with Crippen molar-refractivity contribution in [3.8, 4) is 0 Å². The first-order chi connectivity index (χ1) is 8.44. The molecule has 1 aliphatic rings. The van der Waals surface area contributed by atoms with Crippen LogP contribution < -0.4 is 9.44 Å². The summed E-state index contributed by atoms with van der Waals surface area (Å²) in [7, 11) is -7.20. The summed E-state index contributed by atoms with van der Waals surface area (Å²) < 4.78 is 48.6. The molecular weight excluding hydrogens is 296 g/mol. The molecule has 0 heterocycles. The largest absolute Gasteiger partial charge is 0.480 e. The first-order valence-corrected chi connectivity index (χ1v) is 8.81. The Morgan fingerprint density at radius 1 is 1.26 bits per heavy atom. The second-order valence-corrected chi connectivity index (χ2v) is 7.72. The SMILES string of the molecule is CS(=O)(=O)NC1=CCC(NS(C)(=O)=O)(C(=O)O)C=C1. The van der Waals surface area contributed by atoms with Gasteiger partial charge in [-0.3, -0.25) is 4.72 Å². The summed E-state index contributed by atoms with van der Waals surface area (Å²) in [6.45, 7) is 0. The van der Waals surface area contributed by atoms with E-state index in [2.05, 4.69) is 4.72 Å². The van der Waals surface area contributed by atoms with Crippen LogP contribution in [0.3, 0.4) is 0 Å². The molecule has 1 unspecified atom stereocenters. The predicted octanol–water partition coefficient (Wildman–Crippen LogP) is -1.25. The molecule has 0 bridgehead atoms. The number of carboxylic acid groups (broad SMARTS) is 1. The van der Waals surface area contributed by atoms with E-state index < -0.39 is 31.6 Å². The van der Waals surface area contributed by atoms with Crippen LogP contribution in [0.2, 0.25) is 0 Å². The zero-order valence-electron chi connectivity index (χ0n) is 10.2. The van der Waals surface area contributed by atoms with Gasteiger partial charge in [-0.1, -0.05) is 12.2 Å². The molecule has 19 heavy (non-hydrogen) atoms. The first kappa shape index (κ1) is 15.7. The van der Waals surface area contributed by atoms with Gasteiger partial charge in [-0.15, -0.1) is 0 Å². The van der Waals surface area contributed by atoms with E-state index in [1.165, 1.54) is 12.2 Å². The number of carboxylic acids is 1. The molecule has 0 saturated carbocycles. The lowest BCUT2D eigenvalue weighted by atomic mass is 9.92. The van der Waals surface area contributed by atoms with E-state index in [1.807, 2.05) is 4.72 Å². The van der Waals surface area contributed by atoms with Gasteiger partial charge < -0.3 is 5.11 Å². The quantitative estimate of drug-likeness (QED) is 0.582. The van der Waals surface area contributed by atoms with Crippen LogP contribution in [0.15, 0.2) is 23.9 Å². The fraction of sp³-hybridized carbons (Fsp3) is 0.444. The summed E-state index contributed by atoms with van der Waals surface area (Å²) in [5.41, 5.74) is -1.61. The molecule has 0 saturated heterocycles. The Morgan fingerprint density at radius 2 is 1.84 bits per heavy atom. The standard InChI is InChI=1S/C9H14N2O6S2/c1-18(14,15)10-7-3-5-9(6-4-7,8(12)13)11-19(2,16)17/h3-5,10-11H,6H2,1-2H3,(H,12,13). The average molecular weight is 310 g/mol. The maximum Gasteiger partial charge on any atom is 0.329 e. The number of rotatable bonds is 5. The summed E-state index contributed by atoms with van der Waals surface area (Å²) in [5, 5.41) is 9.12. The van der Waals surface area contributed by atoms with E-state index in [-0.39, 0.29) is 12.1 Å². The molecule has 0 amide bonds. The van der Waals surface area contributed by atoms with Gasteiger partial charge in [0.15, 0.2) is 5.54 Å². The number of nitrogens with one attached hydrogen (secondary N) is 2. The predicted molar refractivity (Wildman–Crippen MR) is 68.2 cm³/mol. The highest BCUT2D eigenvalue weighted by Crippen LogP contribution is 2.21. The number of hydrogen-bond acceptors (Lipinski definition) is 5. The van der Waals surface area contributed by atoms with Gasteiger partial charge >= 0.3 is 5.97 Å². The second-order valence-electron chi connectivity index (χ2n) is 4.22. The van der Waals surface area contributed by atoms with Crippen LogP contribution in [0.4, 0.5) is 0 Å². The molecule has 108 valence electrons. The Kier molecular flexibility index (Phi) is 4.08. The van der Waals surface area contributed by atoms with Crippen LogP contribution in [0.1, 0.15) is 6.42 Å². The van der Waals surface area contributed by atoms with Crippen molar-refractivity contribution in [1.29, 1.82) is 0 Å². The molecule has 8 nitrogen and oxygen atoms in total. The van der Waals surface area contributed by atoms with Crippen molar-refractivity contribution in [2.24, 2.45) is 0 Å². The lowest BCUT2D eigenvalue weighted by molar-refractivity contribution is -0.141. The number of allylic oxidation sites excluding steroid dienone is 1. The van der Waals surface area contributed by atoms with Crippen LogP contribution in [0, 0.1) is 0 Å². The topological polar surface area (TPSA) is 130 Å². The summed E-state index contributed by atoms with van der Waals surface area (Å²) >= 11 is 0. The van der Waals surface area contributed by atoms with Crippen LogP contribution in [-0.4, -0.2) is 46.0 Å². The second kappa shape index (κ2) is 4.94. The van der Waals surface area contributed by atoms with Crippen molar-refractivity contribution >= 4 is 26.0 Å². The Labute approximate surface area is 111 Å². The third-order valence-corrected chi connectivity index (χ3v) is 3.59. The highest BCUT2D eigenvalue weighted by Gasteiger charge is 2.39. The summed E-state index contributed by atoms with van der Waals surface area (Å²) in [6.07, 6.45) is 5.20. The molecule has 10 heteroatoms. The van der Waals surface area contributed by atoms with Crippen LogP contribution in [-0.2, 0) is 24.8 Å². The third kappa shape index (κ3) is 4.65. The van der Waals surface area contributed by atoms with Gasteiger partial charge in [-0.05, 0) is 6.08 Å². The van der Waals surface area contributed by atoms with Gasteiger partial charge in [-0.2, -0.15) is 4.72 Å². The number of sulfonamides is 2. The fourth-order valence-electron chi connectivity index (χ4n) is 1.54. The molecule has 3 N–H and O–H groups in total. The van der Waals surface area contributed by atoms with Crippen molar-refractivity contribution in [3.63, 3.8) is 0 Å². The van der Waals surface area contributed by atoms with Crippen molar-refractivity contribution in [2.75, 3.05) is 12.5 Å². The first-order valence-electron chi connectivity index (χ1n) is 5.03. The van der Waals surface area contributed by atoms with E-state index in [4.69, 9.17) is 5.11 Å². The lowest BCUT2D eigenvalue weighted by Gasteiger charge is -2.28. The summed E-state index contributed by atoms with van der Waals surface area (Å²) in [5.74, 6) is -1.37. The number of carbonyl (C=O) groups is 1. The van der Waals surface area contributed by atoms with E-state index in [1.54, 1.807) is 0 Å². The Balaban J connectivity index is 3.00. The van der Waals surface area contributed by atoms with E-state index >= 15 is 0 Å². The minimum atomic E-state index is -3.73. The minimum Gasteiger partial charge on any atom is -0.480 e. The van der Waals surface area contributed by atoms with E-state index in [0.29, 0.717) is 0 Å². The minimum absolute atomic E-state index is 0.190. The monoisotopic (exact) mass is 310 g/mol. The zero-order valence-corrected chi connectivity index (χ0v) is 11.9. The van der Waals surface area contributed by atoms with Crippen LogP contribution in [0.25, 0.3) is 0 Å². The maximum absolute atomic E-state index is 11.2. The Bertz CT molecular complexity index is 646. The summed E-state index contributed by atoms with van der Waals surface area (Å²) in [6, 6.07) is 0. The smallest absolute Gasteiger partial charge is 0.329 e. The fourth-order valence-corrected chi connectivity index (χ4v) is 3.02. The van der Waals surface area contributed by atoms with Crippen molar-refractivity contribution in [3.05, 3.63) is 23.9 Å². The van der Waals surface area contributed by atoms with Gasteiger partial charge in [0.05, 0.1) is 12.5 Å².